The third-order valence-corrected chi connectivity index (χ3v) is 4.22. The van der Waals surface area contributed by atoms with Crippen LogP contribution < -0.4 is 11.1 Å². The fraction of sp³-hybridized carbons (Fsp3) is 0.500. The Morgan fingerprint density at radius 2 is 1.95 bits per heavy atom. The molecule has 21 heavy (non-hydrogen) atoms. The summed E-state index contributed by atoms with van der Waals surface area (Å²) in [5.74, 6) is -2.70. The minimum atomic E-state index is -2.47. The van der Waals surface area contributed by atoms with Crippen molar-refractivity contribution in [2.45, 2.75) is 48.3 Å². The van der Waals surface area contributed by atoms with Crippen molar-refractivity contribution in [1.82, 2.24) is 0 Å². The Morgan fingerprint density at radius 3 is 2.57 bits per heavy atom. The zero-order valence-electron chi connectivity index (χ0n) is 11.5. The number of rotatable bonds is 4. The molecule has 1 fully saturated rings. The van der Waals surface area contributed by atoms with Crippen LogP contribution in [0.3, 0.4) is 0 Å². The van der Waals surface area contributed by atoms with Gasteiger partial charge in [-0.2, -0.15) is 8.78 Å². The second-order valence-electron chi connectivity index (χ2n) is 5.08. The van der Waals surface area contributed by atoms with Crippen LogP contribution in [0.25, 0.3) is 0 Å². The molecule has 3 nitrogen and oxygen atoms in total. The summed E-state index contributed by atoms with van der Waals surface area (Å²) in [6.07, 6.45) is 4.34. The largest absolute Gasteiger partial charge is 0.324 e. The number of nitrogens with two attached hydrogens (primary N) is 1. The first-order chi connectivity index (χ1) is 9.49. The van der Waals surface area contributed by atoms with Gasteiger partial charge in [-0.25, -0.2) is 0 Å². The molecule has 1 aromatic rings. The van der Waals surface area contributed by atoms with Gasteiger partial charge in [0.2, 0.25) is 5.91 Å². The maximum atomic E-state index is 12.3. The van der Waals surface area contributed by atoms with Crippen molar-refractivity contribution in [3.05, 3.63) is 24.3 Å². The van der Waals surface area contributed by atoms with Crippen LogP contribution in [-0.4, -0.2) is 17.2 Å². The molecule has 0 unspecified atom stereocenters. The number of anilines is 1. The molecule has 3 N–H and O–H groups in total. The van der Waals surface area contributed by atoms with Crippen molar-refractivity contribution in [2.24, 2.45) is 5.73 Å². The van der Waals surface area contributed by atoms with Gasteiger partial charge in [-0.05, 0) is 31.0 Å². The summed E-state index contributed by atoms with van der Waals surface area (Å²) < 4.78 is 24.6. The molecule has 0 heterocycles. The van der Waals surface area contributed by atoms with Crippen LogP contribution in [-0.2, 0) is 4.79 Å². The summed E-state index contributed by atoms with van der Waals surface area (Å²) in [6.45, 7) is 0. The highest BCUT2D eigenvalue weighted by Crippen LogP contribution is 2.29. The Kier molecular flexibility index (Phi) is 6.90. The van der Waals surface area contributed by atoms with Gasteiger partial charge in [0.05, 0.1) is 5.54 Å². The molecule has 0 saturated heterocycles. The zero-order chi connectivity index (χ0) is 14.6. The van der Waals surface area contributed by atoms with Gasteiger partial charge in [0.1, 0.15) is 0 Å². The summed E-state index contributed by atoms with van der Waals surface area (Å²) in [7, 11) is 0. The fourth-order valence-electron chi connectivity index (χ4n) is 2.42. The molecule has 0 radical (unpaired) electrons. The smallest absolute Gasteiger partial charge is 0.288 e. The van der Waals surface area contributed by atoms with E-state index in [2.05, 4.69) is 5.32 Å². The molecular weight excluding hydrogens is 318 g/mol. The molecule has 0 atom stereocenters. The van der Waals surface area contributed by atoms with Crippen LogP contribution in [0.15, 0.2) is 29.2 Å². The molecular formula is C14H19ClF2N2OS. The summed E-state index contributed by atoms with van der Waals surface area (Å²) in [5.41, 5.74) is 5.81. The number of halogens is 3. The van der Waals surface area contributed by atoms with Crippen LogP contribution in [0.4, 0.5) is 14.5 Å². The molecule has 0 aromatic heterocycles. The van der Waals surface area contributed by atoms with Crippen molar-refractivity contribution in [3.8, 4) is 0 Å². The Morgan fingerprint density at radius 1 is 1.29 bits per heavy atom. The molecule has 118 valence electrons. The SMILES string of the molecule is Cl.NC1(C(=O)Nc2cccc(SC(F)F)c2)CCCCC1. The molecule has 1 amide bonds. The number of amides is 1. The van der Waals surface area contributed by atoms with Crippen molar-refractivity contribution in [1.29, 1.82) is 0 Å². The van der Waals surface area contributed by atoms with E-state index in [0.29, 0.717) is 35.2 Å². The number of nitrogens with one attached hydrogen (secondary N) is 1. The lowest BCUT2D eigenvalue weighted by Gasteiger charge is -2.31. The van der Waals surface area contributed by atoms with E-state index in [-0.39, 0.29) is 18.3 Å². The van der Waals surface area contributed by atoms with Crippen molar-refractivity contribution >= 4 is 35.8 Å². The summed E-state index contributed by atoms with van der Waals surface area (Å²) >= 11 is 0.458. The van der Waals surface area contributed by atoms with E-state index >= 15 is 0 Å². The first kappa shape index (κ1) is 18.2. The van der Waals surface area contributed by atoms with Crippen molar-refractivity contribution < 1.29 is 13.6 Å². The van der Waals surface area contributed by atoms with Gasteiger partial charge in [-0.1, -0.05) is 37.1 Å². The normalized spacial score (nSPS) is 17.1. The van der Waals surface area contributed by atoms with Crippen LogP contribution >= 0.6 is 24.2 Å². The van der Waals surface area contributed by atoms with E-state index < -0.39 is 11.3 Å². The molecule has 7 heteroatoms. The van der Waals surface area contributed by atoms with E-state index in [1.165, 1.54) is 0 Å². The number of carbonyl (C=O) groups excluding carboxylic acids is 1. The molecule has 0 spiro atoms. The van der Waals surface area contributed by atoms with E-state index in [1.807, 2.05) is 0 Å². The predicted molar refractivity (Wildman–Crippen MR) is 84.2 cm³/mol. The molecule has 0 aliphatic heterocycles. The summed E-state index contributed by atoms with van der Waals surface area (Å²) in [6, 6.07) is 6.45. The third-order valence-electron chi connectivity index (χ3n) is 3.52. The van der Waals surface area contributed by atoms with Gasteiger partial charge < -0.3 is 11.1 Å². The Bertz CT molecular complexity index is 482. The van der Waals surface area contributed by atoms with Crippen molar-refractivity contribution in [2.75, 3.05) is 5.32 Å². The monoisotopic (exact) mass is 336 g/mol. The first-order valence-electron chi connectivity index (χ1n) is 6.65. The van der Waals surface area contributed by atoms with E-state index in [1.54, 1.807) is 24.3 Å². The minimum absolute atomic E-state index is 0. The van der Waals surface area contributed by atoms with E-state index in [9.17, 15) is 13.6 Å². The zero-order valence-corrected chi connectivity index (χ0v) is 13.1. The fourth-order valence-corrected chi connectivity index (χ4v) is 2.97. The number of carbonyl (C=O) groups is 1. The highest BCUT2D eigenvalue weighted by Gasteiger charge is 2.35. The molecule has 1 saturated carbocycles. The highest BCUT2D eigenvalue weighted by molar-refractivity contribution is 7.99. The lowest BCUT2D eigenvalue weighted by atomic mass is 9.82. The first-order valence-corrected chi connectivity index (χ1v) is 7.53. The van der Waals surface area contributed by atoms with Gasteiger partial charge in [0.15, 0.2) is 0 Å². The highest BCUT2D eigenvalue weighted by atomic mass is 35.5. The topological polar surface area (TPSA) is 55.1 Å². The van der Waals surface area contributed by atoms with Crippen molar-refractivity contribution in [3.63, 3.8) is 0 Å². The number of hydrogen-bond acceptors (Lipinski definition) is 3. The maximum absolute atomic E-state index is 12.3. The lowest BCUT2D eigenvalue weighted by molar-refractivity contribution is -0.122. The quantitative estimate of drug-likeness (QED) is 0.816. The summed E-state index contributed by atoms with van der Waals surface area (Å²) in [4.78, 5) is 12.7. The Hall–Kier alpha value is -0.850. The number of hydrogen-bond donors (Lipinski definition) is 2. The molecule has 1 aliphatic rings. The van der Waals surface area contributed by atoms with Crippen LogP contribution in [0.1, 0.15) is 32.1 Å². The molecule has 2 rings (SSSR count). The average molecular weight is 337 g/mol. The second kappa shape index (κ2) is 7.96. The lowest BCUT2D eigenvalue weighted by Crippen LogP contribution is -2.52. The van der Waals surface area contributed by atoms with E-state index in [4.69, 9.17) is 5.73 Å². The minimum Gasteiger partial charge on any atom is -0.324 e. The summed E-state index contributed by atoms with van der Waals surface area (Å²) in [5, 5.41) is 2.74. The second-order valence-corrected chi connectivity index (χ2v) is 6.14. The van der Waals surface area contributed by atoms with Crippen LogP contribution in [0.2, 0.25) is 0 Å². The predicted octanol–water partition coefficient (Wildman–Crippen LogP) is 4.02. The molecule has 0 bridgehead atoms. The maximum Gasteiger partial charge on any atom is 0.288 e. The van der Waals surface area contributed by atoms with Gasteiger partial charge in [0, 0.05) is 10.6 Å². The van der Waals surface area contributed by atoms with Gasteiger partial charge >= 0.3 is 0 Å². The number of benzene rings is 1. The number of thioether (sulfide) groups is 1. The van der Waals surface area contributed by atoms with Gasteiger partial charge in [-0.3, -0.25) is 4.79 Å². The Labute approximate surface area is 133 Å². The average Bonchev–Trinajstić information content (AvgIpc) is 2.39. The van der Waals surface area contributed by atoms with E-state index in [0.717, 1.165) is 19.3 Å². The number of alkyl halides is 2. The van der Waals surface area contributed by atoms with Crippen LogP contribution in [0, 0.1) is 0 Å². The Balaban J connectivity index is 0.00000220. The van der Waals surface area contributed by atoms with Gasteiger partial charge in [-0.15, -0.1) is 12.4 Å². The third kappa shape index (κ3) is 5.13. The van der Waals surface area contributed by atoms with Crippen LogP contribution in [0.5, 0.6) is 0 Å². The standard InChI is InChI=1S/C14H18F2N2OS.ClH/c15-13(16)20-11-6-4-5-10(9-11)18-12(19)14(17)7-2-1-3-8-14;/h4-6,9,13H,1-3,7-8,17H2,(H,18,19);1H. The van der Waals surface area contributed by atoms with Gasteiger partial charge in [0.25, 0.3) is 5.76 Å². The molecule has 1 aromatic carbocycles. The molecule has 1 aliphatic carbocycles.